The molecule has 0 radical (unpaired) electrons. The summed E-state index contributed by atoms with van der Waals surface area (Å²) in [5, 5.41) is 0. The van der Waals surface area contributed by atoms with Crippen LogP contribution in [0.1, 0.15) is 51.5 Å². The number of ether oxygens (including phenoxy) is 2. The molecule has 4 heteroatoms. The third kappa shape index (κ3) is 3.84. The van der Waals surface area contributed by atoms with E-state index >= 15 is 0 Å². The number of likely N-dealkylation sites (tertiary alicyclic amines) is 1. The fraction of sp³-hybridized carbons (Fsp3) is 0.667. The standard InChI is InChI=1S/C21H31NO3/c1-16(2)19-14-21(10-13-25-19,15-20(23)22-11-6-7-12-22)17-8-4-5-9-18(17)24-3/h4-5,8-9,16,19H,6-7,10-15H2,1-3H3/t19-,21+/m1/s1. The lowest BCUT2D eigenvalue weighted by Gasteiger charge is -2.43. The molecule has 1 aromatic rings. The highest BCUT2D eigenvalue weighted by atomic mass is 16.5. The van der Waals surface area contributed by atoms with E-state index in [1.807, 2.05) is 17.0 Å². The minimum absolute atomic E-state index is 0.185. The van der Waals surface area contributed by atoms with Gasteiger partial charge >= 0.3 is 0 Å². The van der Waals surface area contributed by atoms with Gasteiger partial charge in [0.25, 0.3) is 0 Å². The first-order valence-electron chi connectivity index (χ1n) is 9.58. The van der Waals surface area contributed by atoms with Crippen molar-refractivity contribution in [1.82, 2.24) is 4.90 Å². The summed E-state index contributed by atoms with van der Waals surface area (Å²) < 4.78 is 11.7. The number of amides is 1. The second kappa shape index (κ2) is 7.77. The molecule has 25 heavy (non-hydrogen) atoms. The molecule has 1 amide bonds. The average Bonchev–Trinajstić information content (AvgIpc) is 3.16. The van der Waals surface area contributed by atoms with Gasteiger partial charge in [-0.15, -0.1) is 0 Å². The highest BCUT2D eigenvalue weighted by molar-refractivity contribution is 5.78. The summed E-state index contributed by atoms with van der Waals surface area (Å²) in [5.74, 6) is 1.62. The summed E-state index contributed by atoms with van der Waals surface area (Å²) in [4.78, 5) is 15.1. The lowest BCUT2D eigenvalue weighted by atomic mass is 9.68. The van der Waals surface area contributed by atoms with Crippen LogP contribution in [0.4, 0.5) is 0 Å². The summed E-state index contributed by atoms with van der Waals surface area (Å²) >= 11 is 0. The van der Waals surface area contributed by atoms with Gasteiger partial charge in [0.15, 0.2) is 0 Å². The molecule has 0 saturated carbocycles. The first kappa shape index (κ1) is 18.2. The lowest BCUT2D eigenvalue weighted by molar-refractivity contribution is -0.133. The van der Waals surface area contributed by atoms with Gasteiger partial charge in [0, 0.05) is 37.1 Å². The molecule has 2 aliphatic rings. The van der Waals surface area contributed by atoms with E-state index in [9.17, 15) is 4.79 Å². The third-order valence-corrected chi connectivity index (χ3v) is 5.87. The summed E-state index contributed by atoms with van der Waals surface area (Å²) in [6.07, 6.45) is 4.75. The first-order chi connectivity index (χ1) is 12.1. The van der Waals surface area contributed by atoms with Crippen molar-refractivity contribution < 1.29 is 14.3 Å². The summed E-state index contributed by atoms with van der Waals surface area (Å²) in [6, 6.07) is 8.20. The summed E-state index contributed by atoms with van der Waals surface area (Å²) in [5.41, 5.74) is 0.971. The summed E-state index contributed by atoms with van der Waals surface area (Å²) in [6.45, 7) is 6.92. The molecular weight excluding hydrogens is 314 g/mol. The van der Waals surface area contributed by atoms with Crippen LogP contribution in [0.15, 0.2) is 24.3 Å². The minimum Gasteiger partial charge on any atom is -0.496 e. The molecule has 3 rings (SSSR count). The second-order valence-corrected chi connectivity index (χ2v) is 7.85. The van der Waals surface area contributed by atoms with E-state index in [2.05, 4.69) is 26.0 Å². The monoisotopic (exact) mass is 345 g/mol. The molecule has 0 aliphatic carbocycles. The van der Waals surface area contributed by atoms with Crippen molar-refractivity contribution in [2.45, 2.75) is 57.5 Å². The Morgan fingerprint density at radius 2 is 2.04 bits per heavy atom. The number of carbonyl (C=O) groups is 1. The van der Waals surface area contributed by atoms with Crippen LogP contribution < -0.4 is 4.74 Å². The number of benzene rings is 1. The maximum atomic E-state index is 13.0. The normalized spacial score (nSPS) is 26.9. The molecular formula is C21H31NO3. The van der Waals surface area contributed by atoms with E-state index in [4.69, 9.17) is 9.47 Å². The molecule has 138 valence electrons. The maximum absolute atomic E-state index is 13.0. The molecule has 2 fully saturated rings. The topological polar surface area (TPSA) is 38.8 Å². The van der Waals surface area contributed by atoms with E-state index in [1.165, 1.54) is 5.56 Å². The number of nitrogens with zero attached hydrogens (tertiary/aromatic N) is 1. The van der Waals surface area contributed by atoms with Gasteiger partial charge in [-0.3, -0.25) is 4.79 Å². The Morgan fingerprint density at radius 1 is 1.32 bits per heavy atom. The number of hydrogen-bond acceptors (Lipinski definition) is 3. The predicted octanol–water partition coefficient (Wildman–Crippen LogP) is 3.78. The van der Waals surface area contributed by atoms with E-state index in [1.54, 1.807) is 7.11 Å². The smallest absolute Gasteiger partial charge is 0.223 e. The summed E-state index contributed by atoms with van der Waals surface area (Å²) in [7, 11) is 1.72. The SMILES string of the molecule is COc1ccccc1[C@@]1(CC(=O)N2CCCC2)CCO[C@@H](C(C)C)C1. The zero-order valence-corrected chi connectivity index (χ0v) is 15.8. The molecule has 1 aromatic carbocycles. The van der Waals surface area contributed by atoms with Crippen LogP contribution in [0, 0.1) is 5.92 Å². The third-order valence-electron chi connectivity index (χ3n) is 5.87. The Labute approximate surface area is 151 Å². The van der Waals surface area contributed by atoms with Crippen LogP contribution in [0.25, 0.3) is 0 Å². The molecule has 2 aliphatic heterocycles. The number of rotatable bonds is 5. The lowest BCUT2D eigenvalue weighted by Crippen LogP contribution is -2.44. The fourth-order valence-electron chi connectivity index (χ4n) is 4.33. The number of carbonyl (C=O) groups excluding carboxylic acids is 1. The van der Waals surface area contributed by atoms with Gasteiger partial charge in [-0.25, -0.2) is 0 Å². The van der Waals surface area contributed by atoms with Crippen molar-refractivity contribution in [2.24, 2.45) is 5.92 Å². The first-order valence-corrected chi connectivity index (χ1v) is 9.58. The second-order valence-electron chi connectivity index (χ2n) is 7.85. The highest BCUT2D eigenvalue weighted by Crippen LogP contribution is 2.45. The van der Waals surface area contributed by atoms with Gasteiger partial charge in [0.1, 0.15) is 5.75 Å². The number of methoxy groups -OCH3 is 1. The number of para-hydroxylation sites is 1. The van der Waals surface area contributed by atoms with Crippen LogP contribution in [0.3, 0.4) is 0 Å². The predicted molar refractivity (Wildman–Crippen MR) is 98.9 cm³/mol. The molecule has 0 bridgehead atoms. The van der Waals surface area contributed by atoms with E-state index < -0.39 is 0 Å². The zero-order valence-electron chi connectivity index (χ0n) is 15.8. The van der Waals surface area contributed by atoms with E-state index in [0.717, 1.165) is 44.5 Å². The molecule has 0 spiro atoms. The van der Waals surface area contributed by atoms with Gasteiger partial charge in [-0.05, 0) is 37.7 Å². The van der Waals surface area contributed by atoms with Gasteiger partial charge in [-0.2, -0.15) is 0 Å². The van der Waals surface area contributed by atoms with Crippen LogP contribution >= 0.6 is 0 Å². The molecule has 2 atom stereocenters. The maximum Gasteiger partial charge on any atom is 0.223 e. The van der Waals surface area contributed by atoms with Crippen molar-refractivity contribution in [3.05, 3.63) is 29.8 Å². The Morgan fingerprint density at radius 3 is 2.72 bits per heavy atom. The molecule has 2 heterocycles. The highest BCUT2D eigenvalue weighted by Gasteiger charge is 2.43. The van der Waals surface area contributed by atoms with Crippen LogP contribution in [-0.4, -0.2) is 43.7 Å². The van der Waals surface area contributed by atoms with Gasteiger partial charge < -0.3 is 14.4 Å². The Bertz CT molecular complexity index is 595. The van der Waals surface area contributed by atoms with Crippen LogP contribution in [0.2, 0.25) is 0 Å². The minimum atomic E-state index is -0.195. The molecule has 4 nitrogen and oxygen atoms in total. The van der Waals surface area contributed by atoms with Crippen molar-refractivity contribution in [3.63, 3.8) is 0 Å². The van der Waals surface area contributed by atoms with E-state index in [-0.39, 0.29) is 17.4 Å². The molecule has 0 N–H and O–H groups in total. The fourth-order valence-corrected chi connectivity index (χ4v) is 4.33. The molecule has 0 unspecified atom stereocenters. The van der Waals surface area contributed by atoms with Crippen molar-refractivity contribution in [1.29, 1.82) is 0 Å². The largest absolute Gasteiger partial charge is 0.496 e. The quantitative estimate of drug-likeness (QED) is 0.815. The van der Waals surface area contributed by atoms with Gasteiger partial charge in [-0.1, -0.05) is 32.0 Å². The van der Waals surface area contributed by atoms with Gasteiger partial charge in [0.2, 0.25) is 5.91 Å². The van der Waals surface area contributed by atoms with Crippen LogP contribution in [0.5, 0.6) is 5.75 Å². The van der Waals surface area contributed by atoms with Crippen molar-refractivity contribution in [3.8, 4) is 5.75 Å². The van der Waals surface area contributed by atoms with E-state index in [0.29, 0.717) is 18.9 Å². The van der Waals surface area contributed by atoms with Crippen molar-refractivity contribution >= 4 is 5.91 Å². The van der Waals surface area contributed by atoms with Crippen molar-refractivity contribution in [2.75, 3.05) is 26.8 Å². The Kier molecular flexibility index (Phi) is 5.67. The van der Waals surface area contributed by atoms with Gasteiger partial charge in [0.05, 0.1) is 13.2 Å². The molecule has 2 saturated heterocycles. The molecule has 0 aromatic heterocycles. The number of hydrogen-bond donors (Lipinski definition) is 0. The Hall–Kier alpha value is -1.55. The Balaban J connectivity index is 1.94. The van der Waals surface area contributed by atoms with Crippen LogP contribution in [-0.2, 0) is 14.9 Å². The zero-order chi connectivity index (χ0) is 17.9. The average molecular weight is 345 g/mol.